The van der Waals surface area contributed by atoms with Crippen molar-refractivity contribution in [3.8, 4) is 0 Å². The summed E-state index contributed by atoms with van der Waals surface area (Å²) in [5.41, 5.74) is 3.20. The van der Waals surface area contributed by atoms with Gasteiger partial charge in [-0.15, -0.1) is 0 Å². The Morgan fingerprint density at radius 3 is 3.27 bits per heavy atom. The van der Waals surface area contributed by atoms with Crippen molar-refractivity contribution < 1.29 is 0 Å². The Labute approximate surface area is 65.5 Å². The van der Waals surface area contributed by atoms with Crippen molar-refractivity contribution in [2.45, 2.75) is 18.3 Å². The molecule has 0 aromatic carbocycles. The minimum Gasteiger partial charge on any atom is -0.264 e. The van der Waals surface area contributed by atoms with Crippen molar-refractivity contribution in [2.75, 3.05) is 0 Å². The number of aromatic nitrogens is 1. The average molecular weight is 143 g/mol. The lowest BCUT2D eigenvalue weighted by atomic mass is 9.79. The molecule has 0 aliphatic heterocycles. The van der Waals surface area contributed by atoms with Crippen molar-refractivity contribution in [3.63, 3.8) is 0 Å². The summed E-state index contributed by atoms with van der Waals surface area (Å²) < 4.78 is 0. The van der Waals surface area contributed by atoms with Gasteiger partial charge in [-0.05, 0) is 47.3 Å². The third-order valence-electron chi connectivity index (χ3n) is 3.87. The number of pyridine rings is 1. The van der Waals surface area contributed by atoms with E-state index in [1.54, 1.807) is 11.1 Å². The Balaban J connectivity index is 2.06. The fraction of sp³-hybridized carbons (Fsp3) is 0.500. The summed E-state index contributed by atoms with van der Waals surface area (Å²) in [6.45, 7) is 0. The molecule has 3 aliphatic rings. The molecule has 54 valence electrons. The molecule has 11 heavy (non-hydrogen) atoms. The van der Waals surface area contributed by atoms with Crippen LogP contribution in [0.5, 0.6) is 0 Å². The summed E-state index contributed by atoms with van der Waals surface area (Å²) >= 11 is 0. The minimum atomic E-state index is 0.925. The van der Waals surface area contributed by atoms with Crippen LogP contribution in [-0.4, -0.2) is 4.98 Å². The molecule has 1 aromatic heterocycles. The van der Waals surface area contributed by atoms with Crippen LogP contribution < -0.4 is 0 Å². The van der Waals surface area contributed by atoms with E-state index in [9.17, 15) is 0 Å². The highest BCUT2D eigenvalue weighted by Gasteiger charge is 2.68. The summed E-state index contributed by atoms with van der Waals surface area (Å²) in [6.07, 6.45) is 5.50. The van der Waals surface area contributed by atoms with Gasteiger partial charge in [0.15, 0.2) is 0 Å². The van der Waals surface area contributed by atoms with Gasteiger partial charge in [0.25, 0.3) is 0 Å². The predicted octanol–water partition coefficient (Wildman–Crippen LogP) is 1.91. The van der Waals surface area contributed by atoms with Crippen molar-refractivity contribution in [3.05, 3.63) is 29.6 Å². The third kappa shape index (κ3) is 0.358. The first-order valence-electron chi connectivity index (χ1n) is 4.40. The summed E-state index contributed by atoms with van der Waals surface area (Å²) in [5.74, 6) is 4.05. The predicted molar refractivity (Wildman–Crippen MR) is 41.3 cm³/mol. The van der Waals surface area contributed by atoms with Gasteiger partial charge in [0.05, 0.1) is 0 Å². The molecule has 1 aromatic rings. The van der Waals surface area contributed by atoms with E-state index in [1.165, 1.54) is 6.42 Å². The first kappa shape index (κ1) is 4.91. The van der Waals surface area contributed by atoms with Crippen LogP contribution in [0.15, 0.2) is 18.5 Å². The van der Waals surface area contributed by atoms with Crippen LogP contribution in [0.3, 0.4) is 0 Å². The summed E-state index contributed by atoms with van der Waals surface area (Å²) in [7, 11) is 0. The van der Waals surface area contributed by atoms with Crippen LogP contribution in [0.2, 0.25) is 0 Å². The van der Waals surface area contributed by atoms with Crippen LogP contribution in [0.25, 0.3) is 0 Å². The maximum absolute atomic E-state index is 4.19. The number of nitrogens with zero attached hydrogens (tertiary/aromatic N) is 1. The molecule has 1 heteroatoms. The Bertz CT molecular complexity index is 319. The third-order valence-corrected chi connectivity index (χ3v) is 3.87. The van der Waals surface area contributed by atoms with E-state index in [2.05, 4.69) is 17.2 Å². The van der Waals surface area contributed by atoms with Gasteiger partial charge in [0.1, 0.15) is 0 Å². The largest absolute Gasteiger partial charge is 0.264 e. The molecular weight excluding hydrogens is 134 g/mol. The molecule has 2 saturated carbocycles. The topological polar surface area (TPSA) is 12.9 Å². The molecule has 0 amide bonds. The molecule has 0 N–H and O–H groups in total. The molecule has 4 atom stereocenters. The highest BCUT2D eigenvalue weighted by Crippen LogP contribution is 2.78. The van der Waals surface area contributed by atoms with Crippen LogP contribution >= 0.6 is 0 Å². The molecule has 0 saturated heterocycles. The molecule has 1 heterocycles. The molecular formula is C10H9N. The van der Waals surface area contributed by atoms with Crippen molar-refractivity contribution in [1.82, 2.24) is 4.98 Å². The monoisotopic (exact) mass is 143 g/mol. The second-order valence-electron chi connectivity index (χ2n) is 4.11. The van der Waals surface area contributed by atoms with Crippen LogP contribution in [0.1, 0.15) is 29.4 Å². The number of rotatable bonds is 0. The van der Waals surface area contributed by atoms with Crippen molar-refractivity contribution >= 4 is 0 Å². The average Bonchev–Trinajstić information content (AvgIpc) is 2.49. The van der Waals surface area contributed by atoms with Gasteiger partial charge < -0.3 is 0 Å². The molecule has 0 spiro atoms. The van der Waals surface area contributed by atoms with Crippen LogP contribution in [-0.2, 0) is 0 Å². The molecule has 4 rings (SSSR count). The Morgan fingerprint density at radius 1 is 1.36 bits per heavy atom. The van der Waals surface area contributed by atoms with E-state index in [-0.39, 0.29) is 0 Å². The fourth-order valence-electron chi connectivity index (χ4n) is 3.31. The quantitative estimate of drug-likeness (QED) is 0.540. The molecule has 0 radical (unpaired) electrons. The lowest BCUT2D eigenvalue weighted by Crippen LogP contribution is -2.14. The van der Waals surface area contributed by atoms with E-state index in [1.807, 2.05) is 6.20 Å². The first-order valence-corrected chi connectivity index (χ1v) is 4.40. The van der Waals surface area contributed by atoms with Crippen molar-refractivity contribution in [2.24, 2.45) is 11.8 Å². The van der Waals surface area contributed by atoms with Gasteiger partial charge in [-0.2, -0.15) is 0 Å². The maximum Gasteiger partial charge on any atom is 0.0305 e. The molecule has 1 nitrogen and oxygen atoms in total. The maximum atomic E-state index is 4.19. The van der Waals surface area contributed by atoms with E-state index in [0.29, 0.717) is 0 Å². The normalized spacial score (nSPS) is 47.6. The summed E-state index contributed by atoms with van der Waals surface area (Å²) in [6, 6.07) is 2.23. The highest BCUT2D eigenvalue weighted by atomic mass is 14.7. The Hall–Kier alpha value is -0.850. The zero-order valence-electron chi connectivity index (χ0n) is 6.20. The molecule has 4 unspecified atom stereocenters. The smallest absolute Gasteiger partial charge is 0.0305 e. The SMILES string of the molecule is c1cc2c(cn1)C1CC3C2C13. The zero-order chi connectivity index (χ0) is 7.00. The summed E-state index contributed by atoms with van der Waals surface area (Å²) in [5, 5.41) is 0. The standard InChI is InChI=1S/C10H9N/c1-2-11-4-8-5(1)9-7-3-6(8)10(7)9/h1-2,4,6-7,9-10H,3H2. The molecule has 2 fully saturated rings. The van der Waals surface area contributed by atoms with Crippen LogP contribution in [0.4, 0.5) is 0 Å². The van der Waals surface area contributed by atoms with E-state index in [0.717, 1.165) is 23.7 Å². The van der Waals surface area contributed by atoms with Gasteiger partial charge in [0.2, 0.25) is 0 Å². The lowest BCUT2D eigenvalue weighted by molar-refractivity contribution is 0.387. The zero-order valence-corrected chi connectivity index (χ0v) is 6.20. The first-order chi connectivity index (χ1) is 5.47. The van der Waals surface area contributed by atoms with Gasteiger partial charge in [-0.3, -0.25) is 4.98 Å². The van der Waals surface area contributed by atoms with E-state index < -0.39 is 0 Å². The molecule has 0 bridgehead atoms. The van der Waals surface area contributed by atoms with Crippen LogP contribution in [0, 0.1) is 11.8 Å². The van der Waals surface area contributed by atoms with Crippen molar-refractivity contribution in [1.29, 1.82) is 0 Å². The Morgan fingerprint density at radius 2 is 2.36 bits per heavy atom. The van der Waals surface area contributed by atoms with E-state index >= 15 is 0 Å². The highest BCUT2D eigenvalue weighted by molar-refractivity contribution is 5.50. The number of hydrogen-bond acceptors (Lipinski definition) is 1. The molecule has 3 aliphatic carbocycles. The second-order valence-corrected chi connectivity index (χ2v) is 4.11. The van der Waals surface area contributed by atoms with Gasteiger partial charge in [-0.1, -0.05) is 0 Å². The van der Waals surface area contributed by atoms with Gasteiger partial charge in [-0.25, -0.2) is 0 Å². The summed E-state index contributed by atoms with van der Waals surface area (Å²) in [4.78, 5) is 4.19. The lowest BCUT2D eigenvalue weighted by Gasteiger charge is -2.25. The minimum absolute atomic E-state index is 0.925. The van der Waals surface area contributed by atoms with Gasteiger partial charge in [0, 0.05) is 12.4 Å². The van der Waals surface area contributed by atoms with E-state index in [4.69, 9.17) is 0 Å². The number of hydrogen-bond donors (Lipinski definition) is 0. The number of fused-ring (bicyclic) bond motifs is 4. The second kappa shape index (κ2) is 1.24. The fourth-order valence-corrected chi connectivity index (χ4v) is 3.31. The Kier molecular flexibility index (Phi) is 0.553. The van der Waals surface area contributed by atoms with Gasteiger partial charge >= 0.3 is 0 Å².